The van der Waals surface area contributed by atoms with E-state index in [2.05, 4.69) is 12.2 Å². The summed E-state index contributed by atoms with van der Waals surface area (Å²) in [4.78, 5) is 0. The van der Waals surface area contributed by atoms with Crippen molar-refractivity contribution in [2.45, 2.75) is 19.8 Å². The SMILES string of the molecule is Br.CCCCNC. The molecular formula is C5H14BrN. The lowest BCUT2D eigenvalue weighted by Gasteiger charge is -1.89. The summed E-state index contributed by atoms with van der Waals surface area (Å²) in [6.07, 6.45) is 2.59. The lowest BCUT2D eigenvalue weighted by atomic mass is 10.3. The molecule has 0 aliphatic carbocycles. The van der Waals surface area contributed by atoms with Gasteiger partial charge < -0.3 is 5.32 Å². The Morgan fingerprint density at radius 2 is 2.00 bits per heavy atom. The number of hydrogen-bond donors (Lipinski definition) is 1. The fourth-order valence-corrected chi connectivity index (χ4v) is 0.354. The summed E-state index contributed by atoms with van der Waals surface area (Å²) >= 11 is 0. The Balaban J connectivity index is 0. The minimum atomic E-state index is 0. The molecule has 2 heteroatoms. The van der Waals surface area contributed by atoms with Gasteiger partial charge in [0.1, 0.15) is 0 Å². The standard InChI is InChI=1S/C5H13N.BrH/c1-3-4-5-6-2;/h6H,3-5H2,1-2H3;1H. The van der Waals surface area contributed by atoms with E-state index < -0.39 is 0 Å². The Kier molecular flexibility index (Phi) is 14.4. The molecule has 0 atom stereocenters. The van der Waals surface area contributed by atoms with Crippen molar-refractivity contribution < 1.29 is 0 Å². The van der Waals surface area contributed by atoms with Crippen LogP contribution in [0.3, 0.4) is 0 Å². The van der Waals surface area contributed by atoms with E-state index in [0.29, 0.717) is 0 Å². The van der Waals surface area contributed by atoms with Crippen LogP contribution in [-0.2, 0) is 0 Å². The number of halogens is 1. The molecule has 0 saturated carbocycles. The van der Waals surface area contributed by atoms with Gasteiger partial charge in [0.25, 0.3) is 0 Å². The molecule has 0 unspecified atom stereocenters. The quantitative estimate of drug-likeness (QED) is 0.631. The first kappa shape index (κ1) is 10.4. The van der Waals surface area contributed by atoms with E-state index in [1.165, 1.54) is 12.8 Å². The number of unbranched alkanes of at least 4 members (excludes halogenated alkanes) is 1. The fraction of sp³-hybridized carbons (Fsp3) is 1.00. The van der Waals surface area contributed by atoms with Crippen LogP contribution in [0.25, 0.3) is 0 Å². The van der Waals surface area contributed by atoms with Gasteiger partial charge in [0, 0.05) is 0 Å². The molecule has 0 heterocycles. The Bertz CT molecular complexity index is 20.0. The first-order chi connectivity index (χ1) is 2.91. The van der Waals surface area contributed by atoms with Crippen molar-refractivity contribution in [1.29, 1.82) is 0 Å². The zero-order valence-electron chi connectivity index (χ0n) is 5.03. The fourth-order valence-electron chi connectivity index (χ4n) is 0.354. The molecule has 0 bridgehead atoms. The molecule has 0 amide bonds. The largest absolute Gasteiger partial charge is 0.320 e. The van der Waals surface area contributed by atoms with Crippen LogP contribution in [0.15, 0.2) is 0 Å². The molecule has 1 nitrogen and oxygen atoms in total. The average molecular weight is 168 g/mol. The van der Waals surface area contributed by atoms with E-state index in [1.807, 2.05) is 7.05 Å². The highest BCUT2D eigenvalue weighted by Crippen LogP contribution is 1.79. The molecule has 0 fully saturated rings. The third kappa shape index (κ3) is 10.7. The van der Waals surface area contributed by atoms with E-state index >= 15 is 0 Å². The van der Waals surface area contributed by atoms with Gasteiger partial charge >= 0.3 is 0 Å². The molecule has 0 aromatic carbocycles. The molecule has 0 aromatic heterocycles. The molecule has 0 aliphatic rings. The van der Waals surface area contributed by atoms with Crippen LogP contribution in [0.4, 0.5) is 0 Å². The van der Waals surface area contributed by atoms with Crippen LogP contribution >= 0.6 is 17.0 Å². The molecule has 0 radical (unpaired) electrons. The van der Waals surface area contributed by atoms with Gasteiger partial charge in [-0.3, -0.25) is 0 Å². The third-order valence-corrected chi connectivity index (χ3v) is 0.780. The summed E-state index contributed by atoms with van der Waals surface area (Å²) in [5.74, 6) is 0. The second-order valence-corrected chi connectivity index (χ2v) is 1.46. The van der Waals surface area contributed by atoms with E-state index in [9.17, 15) is 0 Å². The van der Waals surface area contributed by atoms with Crippen molar-refractivity contribution in [3.63, 3.8) is 0 Å². The van der Waals surface area contributed by atoms with Crippen LogP contribution in [0.1, 0.15) is 19.8 Å². The van der Waals surface area contributed by atoms with Gasteiger partial charge in [0.2, 0.25) is 0 Å². The lowest BCUT2D eigenvalue weighted by molar-refractivity contribution is 0.711. The van der Waals surface area contributed by atoms with E-state index in [1.54, 1.807) is 0 Å². The Hall–Kier alpha value is 0.440. The molecule has 0 aromatic rings. The van der Waals surface area contributed by atoms with Crippen molar-refractivity contribution in [3.05, 3.63) is 0 Å². The second-order valence-electron chi connectivity index (χ2n) is 1.46. The summed E-state index contributed by atoms with van der Waals surface area (Å²) in [7, 11) is 1.98. The molecule has 0 rings (SSSR count). The van der Waals surface area contributed by atoms with E-state index in [-0.39, 0.29) is 17.0 Å². The average Bonchev–Trinajstić information content (AvgIpc) is 1.61. The normalized spacial score (nSPS) is 7.71. The van der Waals surface area contributed by atoms with Crippen molar-refractivity contribution in [1.82, 2.24) is 5.32 Å². The van der Waals surface area contributed by atoms with Gasteiger partial charge in [0.05, 0.1) is 0 Å². The van der Waals surface area contributed by atoms with Crippen LogP contribution < -0.4 is 5.32 Å². The molecular weight excluding hydrogens is 154 g/mol. The summed E-state index contributed by atoms with van der Waals surface area (Å²) < 4.78 is 0. The van der Waals surface area contributed by atoms with Crippen LogP contribution in [0, 0.1) is 0 Å². The highest BCUT2D eigenvalue weighted by Gasteiger charge is 1.73. The summed E-state index contributed by atoms with van der Waals surface area (Å²) in [5.41, 5.74) is 0. The molecule has 0 spiro atoms. The van der Waals surface area contributed by atoms with Gasteiger partial charge in [-0.15, -0.1) is 17.0 Å². The van der Waals surface area contributed by atoms with E-state index in [0.717, 1.165) is 6.54 Å². The van der Waals surface area contributed by atoms with Gasteiger partial charge in [-0.2, -0.15) is 0 Å². The summed E-state index contributed by atoms with van der Waals surface area (Å²) in [6, 6.07) is 0. The maximum Gasteiger partial charge on any atom is -0.00520 e. The Morgan fingerprint density at radius 1 is 1.43 bits per heavy atom. The predicted octanol–water partition coefficient (Wildman–Crippen LogP) is 1.58. The minimum absolute atomic E-state index is 0. The number of nitrogens with one attached hydrogen (secondary N) is 1. The van der Waals surface area contributed by atoms with Crippen molar-refractivity contribution in [2.24, 2.45) is 0 Å². The Morgan fingerprint density at radius 3 is 2.14 bits per heavy atom. The van der Waals surface area contributed by atoms with Crippen LogP contribution in [-0.4, -0.2) is 13.6 Å². The predicted molar refractivity (Wildman–Crippen MR) is 39.2 cm³/mol. The minimum Gasteiger partial charge on any atom is -0.320 e. The van der Waals surface area contributed by atoms with Crippen LogP contribution in [0.2, 0.25) is 0 Å². The molecule has 7 heavy (non-hydrogen) atoms. The van der Waals surface area contributed by atoms with Gasteiger partial charge in [-0.1, -0.05) is 13.3 Å². The van der Waals surface area contributed by atoms with Crippen molar-refractivity contribution in [2.75, 3.05) is 13.6 Å². The zero-order chi connectivity index (χ0) is 4.83. The Labute approximate surface area is 56.3 Å². The van der Waals surface area contributed by atoms with Gasteiger partial charge in [-0.05, 0) is 20.0 Å². The summed E-state index contributed by atoms with van der Waals surface area (Å²) in [5, 5.41) is 3.07. The summed E-state index contributed by atoms with van der Waals surface area (Å²) in [6.45, 7) is 3.36. The van der Waals surface area contributed by atoms with Gasteiger partial charge in [-0.25, -0.2) is 0 Å². The highest BCUT2D eigenvalue weighted by atomic mass is 79.9. The van der Waals surface area contributed by atoms with Crippen molar-refractivity contribution >= 4 is 17.0 Å². The topological polar surface area (TPSA) is 12.0 Å². The molecule has 46 valence electrons. The zero-order valence-corrected chi connectivity index (χ0v) is 6.74. The van der Waals surface area contributed by atoms with E-state index in [4.69, 9.17) is 0 Å². The van der Waals surface area contributed by atoms with Crippen molar-refractivity contribution in [3.8, 4) is 0 Å². The monoisotopic (exact) mass is 167 g/mol. The smallest absolute Gasteiger partial charge is 0.00520 e. The lowest BCUT2D eigenvalue weighted by Crippen LogP contribution is -2.06. The number of hydrogen-bond acceptors (Lipinski definition) is 1. The first-order valence-corrected chi connectivity index (χ1v) is 2.56. The molecule has 0 saturated heterocycles. The molecule has 1 N–H and O–H groups in total. The third-order valence-electron chi connectivity index (χ3n) is 0.780. The number of rotatable bonds is 3. The first-order valence-electron chi connectivity index (χ1n) is 2.56. The maximum atomic E-state index is 3.07. The molecule has 0 aliphatic heterocycles. The van der Waals surface area contributed by atoms with Crippen LogP contribution in [0.5, 0.6) is 0 Å². The maximum absolute atomic E-state index is 3.07. The van der Waals surface area contributed by atoms with Gasteiger partial charge in [0.15, 0.2) is 0 Å². The highest BCUT2D eigenvalue weighted by molar-refractivity contribution is 8.93. The second kappa shape index (κ2) is 9.67.